The van der Waals surface area contributed by atoms with Gasteiger partial charge in [0.05, 0.1) is 11.2 Å². The van der Waals surface area contributed by atoms with Crippen LogP contribution < -0.4 is 11.4 Å². The summed E-state index contributed by atoms with van der Waals surface area (Å²) in [6, 6.07) is 10.7. The molecule has 1 aliphatic rings. The van der Waals surface area contributed by atoms with Crippen LogP contribution in [0.25, 0.3) is 16.7 Å². The highest BCUT2D eigenvalue weighted by atomic mass is 19.1. The van der Waals surface area contributed by atoms with E-state index in [0.717, 1.165) is 18.4 Å². The van der Waals surface area contributed by atoms with Crippen LogP contribution >= 0.6 is 0 Å². The largest absolute Gasteiger partial charge is 0.480 e. The van der Waals surface area contributed by atoms with E-state index in [1.807, 2.05) is 0 Å². The predicted molar refractivity (Wildman–Crippen MR) is 95.1 cm³/mol. The van der Waals surface area contributed by atoms with Crippen molar-refractivity contribution in [1.82, 2.24) is 9.13 Å². The summed E-state index contributed by atoms with van der Waals surface area (Å²) in [4.78, 5) is 23.8. The van der Waals surface area contributed by atoms with Gasteiger partial charge in [0, 0.05) is 6.04 Å². The van der Waals surface area contributed by atoms with Crippen molar-refractivity contribution in [3.8, 4) is 5.69 Å². The number of nitrogens with zero attached hydrogens (tertiary/aromatic N) is 2. The van der Waals surface area contributed by atoms with E-state index in [9.17, 15) is 14.0 Å². The van der Waals surface area contributed by atoms with Crippen LogP contribution in [0.3, 0.4) is 0 Å². The van der Waals surface area contributed by atoms with Crippen LogP contribution in [-0.4, -0.2) is 26.3 Å². The van der Waals surface area contributed by atoms with E-state index in [2.05, 4.69) is 0 Å². The molecule has 0 amide bonds. The fourth-order valence-electron chi connectivity index (χ4n) is 3.27. The minimum absolute atomic E-state index is 0.126. The van der Waals surface area contributed by atoms with Gasteiger partial charge in [-0.05, 0) is 49.1 Å². The molecule has 0 spiro atoms. The second kappa shape index (κ2) is 6.10. The first-order valence-electron chi connectivity index (χ1n) is 8.46. The molecule has 1 fully saturated rings. The molecule has 134 valence electrons. The first-order valence-corrected chi connectivity index (χ1v) is 8.46. The maximum absolute atomic E-state index is 14.5. The summed E-state index contributed by atoms with van der Waals surface area (Å²) in [7, 11) is 0. The number of rotatable bonds is 5. The van der Waals surface area contributed by atoms with Gasteiger partial charge in [-0.25, -0.2) is 9.18 Å². The number of benzene rings is 2. The number of hydrogen-bond donors (Lipinski definition) is 2. The van der Waals surface area contributed by atoms with E-state index in [-0.39, 0.29) is 23.7 Å². The number of aliphatic carboxylic acids is 1. The lowest BCUT2D eigenvalue weighted by molar-refractivity contribution is -0.138. The highest BCUT2D eigenvalue weighted by Gasteiger charge is 2.30. The summed E-state index contributed by atoms with van der Waals surface area (Å²) >= 11 is 0. The van der Waals surface area contributed by atoms with Crippen LogP contribution in [0.15, 0.2) is 47.3 Å². The molecule has 2 aromatic carbocycles. The molecule has 0 aliphatic heterocycles. The van der Waals surface area contributed by atoms with Crippen LogP contribution in [0.5, 0.6) is 0 Å². The van der Waals surface area contributed by atoms with Gasteiger partial charge >= 0.3 is 11.7 Å². The van der Waals surface area contributed by atoms with E-state index < -0.39 is 17.8 Å². The molecule has 1 aromatic heterocycles. The molecular weight excluding hydrogens is 337 g/mol. The van der Waals surface area contributed by atoms with Crippen LogP contribution in [-0.2, 0) is 11.2 Å². The molecule has 0 bridgehead atoms. The van der Waals surface area contributed by atoms with Gasteiger partial charge in [-0.1, -0.05) is 18.2 Å². The van der Waals surface area contributed by atoms with Crippen LogP contribution in [0, 0.1) is 5.82 Å². The predicted octanol–water partition coefficient (Wildman–Crippen LogP) is 2.22. The number of para-hydroxylation sites is 1. The summed E-state index contributed by atoms with van der Waals surface area (Å²) in [6.45, 7) is 0. The van der Waals surface area contributed by atoms with E-state index in [1.165, 1.54) is 10.6 Å². The number of carbonyl (C=O) groups is 1. The Bertz CT molecular complexity index is 1050. The zero-order valence-corrected chi connectivity index (χ0v) is 13.9. The minimum atomic E-state index is -1.07. The Balaban J connectivity index is 1.81. The van der Waals surface area contributed by atoms with Gasteiger partial charge < -0.3 is 10.8 Å². The van der Waals surface area contributed by atoms with Gasteiger partial charge in [0.2, 0.25) is 0 Å². The first kappa shape index (κ1) is 16.5. The lowest BCUT2D eigenvalue weighted by Gasteiger charge is -2.08. The van der Waals surface area contributed by atoms with Crippen molar-refractivity contribution in [3.63, 3.8) is 0 Å². The number of carboxylic acid groups (broad SMARTS) is 1. The molecule has 1 aliphatic carbocycles. The highest BCUT2D eigenvalue weighted by molar-refractivity contribution is 5.79. The normalized spacial score (nSPS) is 15.3. The van der Waals surface area contributed by atoms with Gasteiger partial charge in [-0.2, -0.15) is 0 Å². The molecule has 26 heavy (non-hydrogen) atoms. The topological polar surface area (TPSA) is 90.2 Å². The molecular formula is C19H18FN3O3. The molecule has 7 heteroatoms. The van der Waals surface area contributed by atoms with Crippen molar-refractivity contribution in [2.75, 3.05) is 0 Å². The van der Waals surface area contributed by atoms with Crippen molar-refractivity contribution in [2.24, 2.45) is 5.73 Å². The van der Waals surface area contributed by atoms with Gasteiger partial charge in [0.25, 0.3) is 0 Å². The van der Waals surface area contributed by atoms with E-state index in [4.69, 9.17) is 10.8 Å². The quantitative estimate of drug-likeness (QED) is 0.734. The zero-order chi connectivity index (χ0) is 18.4. The van der Waals surface area contributed by atoms with Gasteiger partial charge in [-0.15, -0.1) is 0 Å². The van der Waals surface area contributed by atoms with Crippen molar-refractivity contribution in [1.29, 1.82) is 0 Å². The molecule has 6 nitrogen and oxygen atoms in total. The van der Waals surface area contributed by atoms with Crippen LogP contribution in [0.1, 0.15) is 24.4 Å². The molecule has 1 heterocycles. The second-order valence-electron chi connectivity index (χ2n) is 6.64. The third-order valence-electron chi connectivity index (χ3n) is 4.73. The van der Waals surface area contributed by atoms with Gasteiger partial charge in [0.15, 0.2) is 0 Å². The van der Waals surface area contributed by atoms with E-state index >= 15 is 0 Å². The molecule has 3 N–H and O–H groups in total. The summed E-state index contributed by atoms with van der Waals surface area (Å²) in [5.74, 6) is -1.52. The Labute approximate surface area is 148 Å². The van der Waals surface area contributed by atoms with Crippen molar-refractivity contribution < 1.29 is 14.3 Å². The molecule has 1 saturated carbocycles. The third-order valence-corrected chi connectivity index (χ3v) is 4.73. The number of carboxylic acids is 1. The monoisotopic (exact) mass is 355 g/mol. The summed E-state index contributed by atoms with van der Waals surface area (Å²) in [5.41, 5.74) is 7.42. The van der Waals surface area contributed by atoms with Crippen molar-refractivity contribution in [3.05, 3.63) is 64.3 Å². The van der Waals surface area contributed by atoms with Crippen molar-refractivity contribution in [2.45, 2.75) is 31.3 Å². The van der Waals surface area contributed by atoms with Crippen molar-refractivity contribution >= 4 is 17.0 Å². The number of halogens is 1. The van der Waals surface area contributed by atoms with Crippen LogP contribution in [0.4, 0.5) is 4.39 Å². The second-order valence-corrected chi connectivity index (χ2v) is 6.64. The third kappa shape index (κ3) is 2.70. The molecule has 0 radical (unpaired) electrons. The average Bonchev–Trinajstić information content (AvgIpc) is 3.39. The minimum Gasteiger partial charge on any atom is -0.480 e. The lowest BCUT2D eigenvalue weighted by Crippen LogP contribution is -2.32. The molecule has 3 aromatic rings. The average molecular weight is 355 g/mol. The zero-order valence-electron chi connectivity index (χ0n) is 13.9. The summed E-state index contributed by atoms with van der Waals surface area (Å²) in [6.07, 6.45) is 2.02. The standard InChI is InChI=1S/C19H18FN3O3/c20-14-2-1-3-16-17(14)23(19(26)22(16)12-8-9-12)13-6-4-11(5-7-13)10-15(21)18(24)25/h1-7,12,15H,8-10,21H2,(H,24,25). The molecule has 1 unspecified atom stereocenters. The number of aromatic nitrogens is 2. The fourth-order valence-corrected chi connectivity index (χ4v) is 3.27. The lowest BCUT2D eigenvalue weighted by atomic mass is 10.1. The summed E-state index contributed by atoms with van der Waals surface area (Å²) in [5, 5.41) is 8.91. The molecule has 4 rings (SSSR count). The van der Waals surface area contributed by atoms with E-state index in [0.29, 0.717) is 11.2 Å². The Morgan fingerprint density at radius 1 is 1.23 bits per heavy atom. The smallest absolute Gasteiger partial charge is 0.334 e. The Morgan fingerprint density at radius 3 is 2.54 bits per heavy atom. The van der Waals surface area contributed by atoms with E-state index in [1.54, 1.807) is 41.0 Å². The number of imidazole rings is 1. The maximum atomic E-state index is 14.5. The Morgan fingerprint density at radius 2 is 1.92 bits per heavy atom. The molecule has 0 saturated heterocycles. The number of hydrogen-bond acceptors (Lipinski definition) is 3. The van der Waals surface area contributed by atoms with Crippen LogP contribution in [0.2, 0.25) is 0 Å². The first-order chi connectivity index (χ1) is 12.5. The Kier molecular flexibility index (Phi) is 3.88. The van der Waals surface area contributed by atoms with Gasteiger partial charge in [-0.3, -0.25) is 13.9 Å². The van der Waals surface area contributed by atoms with Gasteiger partial charge in [0.1, 0.15) is 17.4 Å². The summed E-state index contributed by atoms with van der Waals surface area (Å²) < 4.78 is 17.5. The Hall–Kier alpha value is -2.93. The maximum Gasteiger partial charge on any atom is 0.334 e. The number of fused-ring (bicyclic) bond motifs is 1. The molecule has 1 atom stereocenters. The fraction of sp³-hybridized carbons (Fsp3) is 0.263. The SMILES string of the molecule is NC(Cc1ccc(-n2c(=O)n(C3CC3)c3cccc(F)c32)cc1)C(=O)O. The highest BCUT2D eigenvalue weighted by Crippen LogP contribution is 2.37. The number of nitrogens with two attached hydrogens (primary N) is 1.